The summed E-state index contributed by atoms with van der Waals surface area (Å²) >= 11 is 0. The van der Waals surface area contributed by atoms with Crippen molar-refractivity contribution in [3.8, 4) is 5.75 Å². The minimum atomic E-state index is 0.331. The monoisotopic (exact) mass is 230 g/mol. The molecule has 0 aliphatic rings. The van der Waals surface area contributed by atoms with Gasteiger partial charge in [0.1, 0.15) is 5.75 Å². The Morgan fingerprint density at radius 2 is 1.71 bits per heavy atom. The van der Waals surface area contributed by atoms with Crippen LogP contribution in [0, 0.1) is 0 Å². The summed E-state index contributed by atoms with van der Waals surface area (Å²) in [5.41, 5.74) is 4.05. The maximum atomic E-state index is 9.18. The van der Waals surface area contributed by atoms with Gasteiger partial charge in [-0.05, 0) is 57.7 Å². The van der Waals surface area contributed by atoms with Gasteiger partial charge in [0.25, 0.3) is 0 Å². The zero-order chi connectivity index (χ0) is 12.7. The van der Waals surface area contributed by atoms with Crippen LogP contribution in [0.5, 0.6) is 5.75 Å². The van der Waals surface area contributed by atoms with E-state index in [1.807, 2.05) is 12.1 Å². The lowest BCUT2D eigenvalue weighted by molar-refractivity contribution is 0.475. The van der Waals surface area contributed by atoms with E-state index in [-0.39, 0.29) is 0 Å². The summed E-state index contributed by atoms with van der Waals surface area (Å²) in [6, 6.07) is 7.41. The summed E-state index contributed by atoms with van der Waals surface area (Å²) in [5.74, 6) is 0.331. The van der Waals surface area contributed by atoms with Crippen LogP contribution in [0.25, 0.3) is 0 Å². The lowest BCUT2D eigenvalue weighted by Crippen LogP contribution is -1.83. The normalized spacial score (nSPS) is 11.4. The van der Waals surface area contributed by atoms with E-state index in [0.717, 1.165) is 19.3 Å². The number of phenols is 1. The summed E-state index contributed by atoms with van der Waals surface area (Å²) in [6.07, 6.45) is 7.74. The quantitative estimate of drug-likeness (QED) is 0.731. The number of rotatable bonds is 5. The number of hydrogen-bond donors (Lipinski definition) is 1. The number of benzene rings is 1. The minimum Gasteiger partial charge on any atom is -0.508 e. The van der Waals surface area contributed by atoms with Crippen LogP contribution in [0.15, 0.2) is 47.6 Å². The maximum absolute atomic E-state index is 9.18. The number of allylic oxidation sites excluding steroid dienone is 4. The van der Waals surface area contributed by atoms with Crippen molar-refractivity contribution in [1.82, 2.24) is 0 Å². The highest BCUT2D eigenvalue weighted by atomic mass is 16.3. The van der Waals surface area contributed by atoms with Crippen LogP contribution < -0.4 is 0 Å². The molecule has 0 unspecified atom stereocenters. The molecule has 1 aromatic rings. The van der Waals surface area contributed by atoms with Gasteiger partial charge in [0, 0.05) is 0 Å². The van der Waals surface area contributed by atoms with Crippen molar-refractivity contribution < 1.29 is 5.11 Å². The van der Waals surface area contributed by atoms with Gasteiger partial charge >= 0.3 is 0 Å². The minimum absolute atomic E-state index is 0.331. The van der Waals surface area contributed by atoms with Gasteiger partial charge in [0.2, 0.25) is 0 Å². The van der Waals surface area contributed by atoms with Gasteiger partial charge in [-0.3, -0.25) is 0 Å². The van der Waals surface area contributed by atoms with Crippen molar-refractivity contribution in [2.45, 2.75) is 40.0 Å². The first-order chi connectivity index (χ1) is 8.08. The first-order valence-electron chi connectivity index (χ1n) is 6.15. The van der Waals surface area contributed by atoms with E-state index >= 15 is 0 Å². The van der Waals surface area contributed by atoms with Crippen LogP contribution >= 0.6 is 0 Å². The van der Waals surface area contributed by atoms with E-state index in [1.165, 1.54) is 16.7 Å². The Morgan fingerprint density at radius 1 is 1.06 bits per heavy atom. The molecule has 0 aromatic heterocycles. The molecule has 0 saturated carbocycles. The molecule has 0 atom stereocenters. The van der Waals surface area contributed by atoms with Crippen molar-refractivity contribution in [3.63, 3.8) is 0 Å². The fourth-order valence-corrected chi connectivity index (χ4v) is 1.61. The third kappa shape index (κ3) is 5.96. The molecule has 92 valence electrons. The molecule has 0 aliphatic heterocycles. The second-order valence-electron chi connectivity index (χ2n) is 4.74. The molecule has 0 saturated heterocycles. The molecule has 1 nitrogen and oxygen atoms in total. The second-order valence-corrected chi connectivity index (χ2v) is 4.74. The van der Waals surface area contributed by atoms with Crippen molar-refractivity contribution >= 4 is 0 Å². The van der Waals surface area contributed by atoms with Gasteiger partial charge in [-0.2, -0.15) is 0 Å². The van der Waals surface area contributed by atoms with E-state index in [0.29, 0.717) is 5.75 Å². The average Bonchev–Trinajstić information content (AvgIpc) is 2.28. The molecule has 0 bridgehead atoms. The van der Waals surface area contributed by atoms with E-state index < -0.39 is 0 Å². The number of phenolic OH excluding ortho intramolecular Hbond substituents is 1. The van der Waals surface area contributed by atoms with Crippen molar-refractivity contribution in [1.29, 1.82) is 0 Å². The Balaban J connectivity index is 2.42. The number of aromatic hydroxyl groups is 1. The van der Waals surface area contributed by atoms with E-state index in [2.05, 4.69) is 32.9 Å². The molecule has 1 aromatic carbocycles. The molecular formula is C16H22O. The van der Waals surface area contributed by atoms with E-state index in [4.69, 9.17) is 0 Å². The Morgan fingerprint density at radius 3 is 2.29 bits per heavy atom. The molecule has 1 rings (SSSR count). The van der Waals surface area contributed by atoms with Gasteiger partial charge in [0.05, 0.1) is 0 Å². The first kappa shape index (κ1) is 13.6. The van der Waals surface area contributed by atoms with E-state index in [1.54, 1.807) is 12.1 Å². The van der Waals surface area contributed by atoms with Crippen molar-refractivity contribution in [2.75, 3.05) is 0 Å². The lowest BCUT2D eigenvalue weighted by Gasteiger charge is -2.01. The van der Waals surface area contributed by atoms with Crippen LogP contribution in [0.4, 0.5) is 0 Å². The summed E-state index contributed by atoms with van der Waals surface area (Å²) < 4.78 is 0. The smallest absolute Gasteiger partial charge is 0.115 e. The molecule has 1 heteroatoms. The largest absolute Gasteiger partial charge is 0.508 e. The molecule has 0 radical (unpaired) electrons. The zero-order valence-corrected chi connectivity index (χ0v) is 11.0. The van der Waals surface area contributed by atoms with E-state index in [9.17, 15) is 5.11 Å². The Labute approximate surface area is 104 Å². The Hall–Kier alpha value is -1.50. The van der Waals surface area contributed by atoms with Crippen LogP contribution in [-0.4, -0.2) is 5.11 Å². The fraction of sp³-hybridized carbons (Fsp3) is 0.375. The molecule has 17 heavy (non-hydrogen) atoms. The van der Waals surface area contributed by atoms with Crippen LogP contribution in [0.3, 0.4) is 0 Å². The summed E-state index contributed by atoms with van der Waals surface area (Å²) in [4.78, 5) is 0. The SMILES string of the molecule is CC(C)=CCC/C(C)=C/Cc1ccc(O)cc1. The standard InChI is InChI=1S/C16H22O/c1-13(2)5-4-6-14(3)7-8-15-9-11-16(17)12-10-15/h5,7,9-12,17H,4,6,8H2,1-3H3/b14-7+. The fourth-order valence-electron chi connectivity index (χ4n) is 1.61. The molecular weight excluding hydrogens is 208 g/mol. The third-order valence-corrected chi connectivity index (χ3v) is 2.71. The predicted octanol–water partition coefficient (Wildman–Crippen LogP) is 4.63. The zero-order valence-electron chi connectivity index (χ0n) is 11.0. The second kappa shape index (κ2) is 6.95. The van der Waals surface area contributed by atoms with Crippen molar-refractivity contribution in [2.24, 2.45) is 0 Å². The summed E-state index contributed by atoms with van der Waals surface area (Å²) in [6.45, 7) is 6.45. The van der Waals surface area contributed by atoms with Crippen molar-refractivity contribution in [3.05, 3.63) is 53.1 Å². The van der Waals surface area contributed by atoms with Gasteiger partial charge < -0.3 is 5.11 Å². The maximum Gasteiger partial charge on any atom is 0.115 e. The molecule has 0 heterocycles. The summed E-state index contributed by atoms with van der Waals surface area (Å²) in [7, 11) is 0. The van der Waals surface area contributed by atoms with Gasteiger partial charge in [-0.1, -0.05) is 35.4 Å². The average molecular weight is 230 g/mol. The highest BCUT2D eigenvalue weighted by Gasteiger charge is 1.93. The highest BCUT2D eigenvalue weighted by molar-refractivity contribution is 5.27. The van der Waals surface area contributed by atoms with Gasteiger partial charge in [0.15, 0.2) is 0 Å². The molecule has 1 N–H and O–H groups in total. The van der Waals surface area contributed by atoms with Crippen LogP contribution in [0.2, 0.25) is 0 Å². The van der Waals surface area contributed by atoms with Crippen LogP contribution in [0.1, 0.15) is 39.2 Å². The molecule has 0 fully saturated rings. The third-order valence-electron chi connectivity index (χ3n) is 2.71. The number of hydrogen-bond acceptors (Lipinski definition) is 1. The Kier molecular flexibility index (Phi) is 5.55. The predicted molar refractivity (Wildman–Crippen MR) is 74.2 cm³/mol. The Bertz CT molecular complexity index is 392. The van der Waals surface area contributed by atoms with Gasteiger partial charge in [-0.15, -0.1) is 0 Å². The van der Waals surface area contributed by atoms with Gasteiger partial charge in [-0.25, -0.2) is 0 Å². The topological polar surface area (TPSA) is 20.2 Å². The lowest BCUT2D eigenvalue weighted by atomic mass is 10.1. The molecule has 0 aliphatic carbocycles. The summed E-state index contributed by atoms with van der Waals surface area (Å²) in [5, 5.41) is 9.18. The molecule has 0 spiro atoms. The van der Waals surface area contributed by atoms with Crippen LogP contribution in [-0.2, 0) is 6.42 Å². The molecule has 0 amide bonds. The highest BCUT2D eigenvalue weighted by Crippen LogP contribution is 2.12. The first-order valence-corrected chi connectivity index (χ1v) is 6.15.